The molecule has 1 heterocycles. The summed E-state index contributed by atoms with van der Waals surface area (Å²) >= 11 is -1.84. The van der Waals surface area contributed by atoms with Gasteiger partial charge in [0.1, 0.15) is 0 Å². The molecule has 9 atom stereocenters. The predicted molar refractivity (Wildman–Crippen MR) is 75.3 cm³/mol. The minimum absolute atomic E-state index is 0.000483. The van der Waals surface area contributed by atoms with Crippen LogP contribution in [0.1, 0.15) is 0 Å². The molecule has 1 rings (SSSR count). The van der Waals surface area contributed by atoms with Gasteiger partial charge in [-0.3, -0.25) is 0 Å². The van der Waals surface area contributed by atoms with Crippen molar-refractivity contribution in [2.75, 3.05) is 13.2 Å². The van der Waals surface area contributed by atoms with E-state index in [1.165, 1.54) is 0 Å². The molecule has 0 radical (unpaired) electrons. The van der Waals surface area contributed by atoms with Crippen LogP contribution in [0.15, 0.2) is 0 Å². The van der Waals surface area contributed by atoms with Crippen molar-refractivity contribution in [2.45, 2.75) is 58.2 Å². The third-order valence-electron chi connectivity index (χ3n) is 3.83. The van der Waals surface area contributed by atoms with Crippen molar-refractivity contribution >= 4 is 13.9 Å². The molecule has 0 aromatic carbocycles. The molecule has 132 valence electrons. The summed E-state index contributed by atoms with van der Waals surface area (Å²) < 4.78 is 0. The van der Waals surface area contributed by atoms with E-state index < -0.39 is 68.1 Å². The Hall–Kier alpha value is 0.159. The third kappa shape index (κ3) is 4.59. The van der Waals surface area contributed by atoms with Gasteiger partial charge in [0.05, 0.1) is 0 Å². The number of aliphatic hydroxyl groups is 9. The normalized spacial score (nSPS) is 35.9. The van der Waals surface area contributed by atoms with Gasteiger partial charge in [0.15, 0.2) is 0 Å². The van der Waals surface area contributed by atoms with Crippen LogP contribution in [0.4, 0.5) is 0 Å². The molecule has 0 aromatic heterocycles. The molecule has 0 amide bonds. The SMILES string of the molecule is OCC(O)C(O)[C@H](O)C(O)C(O)C[Se+]1C[C@@H](O)[C@H](O)[C@H]1CO. The number of hydrogen-bond acceptors (Lipinski definition) is 9. The predicted octanol–water partition coefficient (Wildman–Crippen LogP) is -4.62. The van der Waals surface area contributed by atoms with Crippen LogP contribution in [0.25, 0.3) is 0 Å². The quantitative estimate of drug-likeness (QED) is 0.184. The van der Waals surface area contributed by atoms with Crippen LogP contribution in [0, 0.1) is 0 Å². The van der Waals surface area contributed by atoms with Crippen molar-refractivity contribution in [1.82, 2.24) is 0 Å². The van der Waals surface area contributed by atoms with E-state index in [2.05, 4.69) is 0 Å². The van der Waals surface area contributed by atoms with Crippen LogP contribution >= 0.6 is 0 Å². The summed E-state index contributed by atoms with van der Waals surface area (Å²) in [7, 11) is 0. The summed E-state index contributed by atoms with van der Waals surface area (Å²) in [6.07, 6.45) is -10.6. The third-order valence-corrected chi connectivity index (χ3v) is 9.75. The molecule has 22 heavy (non-hydrogen) atoms. The van der Waals surface area contributed by atoms with E-state index in [0.717, 1.165) is 0 Å². The Morgan fingerprint density at radius 2 is 1.41 bits per heavy atom. The van der Waals surface area contributed by atoms with E-state index in [9.17, 15) is 40.9 Å². The fourth-order valence-corrected chi connectivity index (χ4v) is 8.02. The van der Waals surface area contributed by atoms with Gasteiger partial charge >= 0.3 is 131 Å². The zero-order chi connectivity index (χ0) is 17.0. The van der Waals surface area contributed by atoms with Crippen LogP contribution in [0.3, 0.4) is 0 Å². The van der Waals surface area contributed by atoms with Crippen LogP contribution in [-0.2, 0) is 0 Å². The Balaban J connectivity index is 2.62. The molecule has 0 aromatic rings. The van der Waals surface area contributed by atoms with Gasteiger partial charge < -0.3 is 0 Å². The Labute approximate surface area is 132 Å². The molecule has 1 saturated heterocycles. The first-order valence-electron chi connectivity index (χ1n) is 6.89. The van der Waals surface area contributed by atoms with Crippen molar-refractivity contribution in [1.29, 1.82) is 0 Å². The number of rotatable bonds is 8. The van der Waals surface area contributed by atoms with Gasteiger partial charge in [-0.15, -0.1) is 0 Å². The summed E-state index contributed by atoms with van der Waals surface area (Å²) in [5.74, 6) is 0. The molecule has 0 bridgehead atoms. The minimum atomic E-state index is -1.87. The van der Waals surface area contributed by atoms with E-state index in [-0.39, 0.29) is 17.2 Å². The van der Waals surface area contributed by atoms with Crippen molar-refractivity contribution in [3.63, 3.8) is 0 Å². The molecule has 9 N–H and O–H groups in total. The van der Waals surface area contributed by atoms with Gasteiger partial charge in [-0.05, 0) is 0 Å². The van der Waals surface area contributed by atoms with Gasteiger partial charge in [-0.2, -0.15) is 0 Å². The van der Waals surface area contributed by atoms with Gasteiger partial charge in [0.2, 0.25) is 0 Å². The second-order valence-electron chi connectivity index (χ2n) is 5.44. The first-order chi connectivity index (χ1) is 10.2. The van der Waals surface area contributed by atoms with Crippen molar-refractivity contribution < 1.29 is 46.0 Å². The standard InChI is InChI=1S/C12H25O9Se/c13-1-5(15)10(19)12(21)11(20)7(17)4-22-3-6(16)9(18)8(22)2-14/h5-21H,1-4H2/q+1/t5?,6-,7?,8-,9+,10?,11?,12+,22?/m1/s1. The maximum atomic E-state index is 9.96. The summed E-state index contributed by atoms with van der Waals surface area (Å²) in [6.45, 7) is -1.16. The summed E-state index contributed by atoms with van der Waals surface area (Å²) in [4.78, 5) is -0.540. The molecule has 1 fully saturated rings. The number of aliphatic hydroxyl groups excluding tert-OH is 9. The summed E-state index contributed by atoms with van der Waals surface area (Å²) in [5.41, 5.74) is 0. The van der Waals surface area contributed by atoms with E-state index >= 15 is 0 Å². The molecular formula is C12H25O9Se+. The Kier molecular flexibility index (Phi) is 8.13. The van der Waals surface area contributed by atoms with Crippen LogP contribution < -0.4 is 0 Å². The Bertz CT molecular complexity index is 334. The second-order valence-corrected chi connectivity index (χ2v) is 10.4. The molecule has 5 unspecified atom stereocenters. The van der Waals surface area contributed by atoms with Crippen molar-refractivity contribution in [2.24, 2.45) is 0 Å². The average molecular weight is 392 g/mol. The zero-order valence-corrected chi connectivity index (χ0v) is 13.6. The van der Waals surface area contributed by atoms with Crippen molar-refractivity contribution in [3.05, 3.63) is 0 Å². The van der Waals surface area contributed by atoms with Crippen LogP contribution in [0.5, 0.6) is 0 Å². The van der Waals surface area contributed by atoms with Gasteiger partial charge in [0.25, 0.3) is 0 Å². The zero-order valence-electron chi connectivity index (χ0n) is 11.9. The molecule has 10 heteroatoms. The molecule has 0 saturated carbocycles. The van der Waals surface area contributed by atoms with Crippen LogP contribution in [-0.4, -0.2) is 116 Å². The molecule has 0 aliphatic carbocycles. The van der Waals surface area contributed by atoms with Gasteiger partial charge in [-0.1, -0.05) is 0 Å². The van der Waals surface area contributed by atoms with E-state index in [4.69, 9.17) is 5.11 Å². The first-order valence-corrected chi connectivity index (χ1v) is 10.3. The van der Waals surface area contributed by atoms with Gasteiger partial charge in [0, 0.05) is 0 Å². The second kappa shape index (κ2) is 8.86. The summed E-state index contributed by atoms with van der Waals surface area (Å²) in [5, 5.41) is 85.7. The van der Waals surface area contributed by atoms with Crippen molar-refractivity contribution in [3.8, 4) is 0 Å². The number of hydrogen-bond donors (Lipinski definition) is 9. The van der Waals surface area contributed by atoms with E-state index in [0.29, 0.717) is 0 Å². The fraction of sp³-hybridized carbons (Fsp3) is 1.00. The molecule has 1 aliphatic heterocycles. The Morgan fingerprint density at radius 3 is 1.91 bits per heavy atom. The monoisotopic (exact) mass is 393 g/mol. The fourth-order valence-electron chi connectivity index (χ4n) is 2.37. The molecule has 1 aliphatic rings. The topological polar surface area (TPSA) is 182 Å². The van der Waals surface area contributed by atoms with E-state index in [1.807, 2.05) is 0 Å². The molecule has 9 nitrogen and oxygen atoms in total. The average Bonchev–Trinajstić information content (AvgIpc) is 2.77. The molecule has 0 spiro atoms. The molecular weight excluding hydrogens is 367 g/mol. The first kappa shape index (κ1) is 20.2. The van der Waals surface area contributed by atoms with Gasteiger partial charge in [-0.25, -0.2) is 0 Å². The van der Waals surface area contributed by atoms with Crippen LogP contribution in [0.2, 0.25) is 15.5 Å². The maximum absolute atomic E-state index is 9.96. The van der Waals surface area contributed by atoms with E-state index in [1.54, 1.807) is 0 Å². The summed E-state index contributed by atoms with van der Waals surface area (Å²) in [6, 6.07) is 0. The Morgan fingerprint density at radius 1 is 0.864 bits per heavy atom.